The van der Waals surface area contributed by atoms with Crippen LogP contribution in [0.2, 0.25) is 5.02 Å². The molecule has 1 aliphatic heterocycles. The average Bonchev–Trinajstić information content (AvgIpc) is 2.32. The van der Waals surface area contributed by atoms with E-state index in [-0.39, 0.29) is 6.04 Å². The highest BCUT2D eigenvalue weighted by Crippen LogP contribution is 2.46. The lowest BCUT2D eigenvalue weighted by Crippen LogP contribution is -2.40. The first-order chi connectivity index (χ1) is 8.50. The summed E-state index contributed by atoms with van der Waals surface area (Å²) in [5.41, 5.74) is 0.890. The maximum Gasteiger partial charge on any atom is 0.210 e. The van der Waals surface area contributed by atoms with E-state index >= 15 is 0 Å². The second-order valence-electron chi connectivity index (χ2n) is 4.56. The molecule has 0 unspecified atom stereocenters. The van der Waals surface area contributed by atoms with Crippen LogP contribution in [0.5, 0.6) is 0 Å². The molecule has 1 heterocycles. The van der Waals surface area contributed by atoms with Crippen LogP contribution in [-0.2, 0) is 0 Å². The quantitative estimate of drug-likeness (QED) is 0.672. The molecule has 0 aromatic heterocycles. The number of nitrogens with zero attached hydrogens (tertiary/aromatic N) is 1. The third-order valence-corrected chi connectivity index (χ3v) is 4.23. The van der Waals surface area contributed by atoms with Gasteiger partial charge in [0.15, 0.2) is 0 Å². The predicted molar refractivity (Wildman–Crippen MR) is 79.9 cm³/mol. The van der Waals surface area contributed by atoms with Crippen LogP contribution in [0.1, 0.15) is 30.9 Å². The molecule has 1 aliphatic rings. The molecule has 5 heteroatoms. The Morgan fingerprint density at radius 2 is 1.61 bits per heavy atom. The summed E-state index contributed by atoms with van der Waals surface area (Å²) in [6, 6.07) is 7.30. The minimum atomic E-state index is -1.37. The van der Waals surface area contributed by atoms with Crippen molar-refractivity contribution in [2.24, 2.45) is 0 Å². The van der Waals surface area contributed by atoms with Crippen molar-refractivity contribution >= 4 is 46.4 Å². The zero-order valence-corrected chi connectivity index (χ0v) is 12.9. The van der Waals surface area contributed by atoms with E-state index < -0.39 is 3.79 Å². The fourth-order valence-corrected chi connectivity index (χ4v) is 3.46. The standard InChI is InChI=1S/C13H15Cl4N/c14-11-7-3-2-6-10(11)12(13(15,16)17)18-8-4-1-5-9-18/h2-3,6-7,12H,1,4-5,8-9H2/t12-/m0/s1. The van der Waals surface area contributed by atoms with Gasteiger partial charge in [0.1, 0.15) is 0 Å². The normalized spacial score (nSPS) is 19.8. The molecular formula is C13H15Cl4N. The average molecular weight is 327 g/mol. The Kier molecular flexibility index (Phi) is 5.07. The van der Waals surface area contributed by atoms with Gasteiger partial charge in [-0.05, 0) is 37.6 Å². The number of hydrogen-bond acceptors (Lipinski definition) is 1. The molecule has 0 spiro atoms. The fourth-order valence-electron chi connectivity index (χ4n) is 2.45. The van der Waals surface area contributed by atoms with Crippen LogP contribution in [0.3, 0.4) is 0 Å². The molecule has 1 saturated heterocycles. The summed E-state index contributed by atoms with van der Waals surface area (Å²) in [7, 11) is 0. The van der Waals surface area contributed by atoms with Gasteiger partial charge in [-0.3, -0.25) is 4.90 Å². The molecule has 0 N–H and O–H groups in total. The van der Waals surface area contributed by atoms with Gasteiger partial charge in [0.05, 0.1) is 6.04 Å². The van der Waals surface area contributed by atoms with Crippen molar-refractivity contribution in [1.82, 2.24) is 4.90 Å². The molecule has 0 bridgehead atoms. The van der Waals surface area contributed by atoms with Gasteiger partial charge in [-0.15, -0.1) is 0 Å². The van der Waals surface area contributed by atoms with E-state index in [1.165, 1.54) is 6.42 Å². The van der Waals surface area contributed by atoms with Crippen LogP contribution < -0.4 is 0 Å². The minimum Gasteiger partial charge on any atom is -0.292 e. The number of piperidine rings is 1. The van der Waals surface area contributed by atoms with E-state index in [9.17, 15) is 0 Å². The first-order valence-electron chi connectivity index (χ1n) is 6.05. The van der Waals surface area contributed by atoms with Crippen LogP contribution in [-0.4, -0.2) is 21.8 Å². The summed E-state index contributed by atoms with van der Waals surface area (Å²) >= 11 is 24.8. The van der Waals surface area contributed by atoms with Crippen LogP contribution >= 0.6 is 46.4 Å². The van der Waals surface area contributed by atoms with Gasteiger partial charge in [-0.1, -0.05) is 71.0 Å². The molecule has 1 nitrogen and oxygen atoms in total. The topological polar surface area (TPSA) is 3.24 Å². The summed E-state index contributed by atoms with van der Waals surface area (Å²) in [4.78, 5) is 2.22. The minimum absolute atomic E-state index is 0.281. The lowest BCUT2D eigenvalue weighted by Gasteiger charge is -2.38. The number of halogens is 4. The molecule has 1 atom stereocenters. The summed E-state index contributed by atoms with van der Waals surface area (Å²) in [5.74, 6) is 0. The van der Waals surface area contributed by atoms with Crippen molar-refractivity contribution in [3.63, 3.8) is 0 Å². The van der Waals surface area contributed by atoms with Crippen molar-refractivity contribution in [1.29, 1.82) is 0 Å². The smallest absolute Gasteiger partial charge is 0.210 e. The van der Waals surface area contributed by atoms with Crippen molar-refractivity contribution < 1.29 is 0 Å². The van der Waals surface area contributed by atoms with Crippen LogP contribution in [0.25, 0.3) is 0 Å². The van der Waals surface area contributed by atoms with E-state index in [1.807, 2.05) is 24.3 Å². The Bertz CT molecular complexity index is 396. The molecule has 0 amide bonds. The number of likely N-dealkylation sites (tertiary alicyclic amines) is 1. The molecule has 18 heavy (non-hydrogen) atoms. The summed E-state index contributed by atoms with van der Waals surface area (Å²) in [6.45, 7) is 1.90. The van der Waals surface area contributed by atoms with Gasteiger partial charge in [0.2, 0.25) is 3.79 Å². The van der Waals surface area contributed by atoms with Gasteiger partial charge < -0.3 is 0 Å². The Hall–Kier alpha value is 0.340. The SMILES string of the molecule is Clc1ccccc1[C@H](N1CCCCC1)C(Cl)(Cl)Cl. The molecule has 0 aliphatic carbocycles. The molecular weight excluding hydrogens is 312 g/mol. The molecule has 0 radical (unpaired) electrons. The lowest BCUT2D eigenvalue weighted by atomic mass is 10.0. The second-order valence-corrected chi connectivity index (χ2v) is 7.34. The molecule has 1 fully saturated rings. The summed E-state index contributed by atoms with van der Waals surface area (Å²) in [6.07, 6.45) is 3.52. The van der Waals surface area contributed by atoms with Crippen molar-refractivity contribution in [2.75, 3.05) is 13.1 Å². The first kappa shape index (κ1) is 14.7. The third-order valence-electron chi connectivity index (χ3n) is 3.27. The molecule has 100 valence electrons. The largest absolute Gasteiger partial charge is 0.292 e. The monoisotopic (exact) mass is 325 g/mol. The highest BCUT2D eigenvalue weighted by molar-refractivity contribution is 6.68. The number of benzene rings is 1. The maximum atomic E-state index is 6.24. The Balaban J connectivity index is 2.34. The van der Waals surface area contributed by atoms with Gasteiger partial charge in [0.25, 0.3) is 0 Å². The van der Waals surface area contributed by atoms with Crippen LogP contribution in [0.15, 0.2) is 24.3 Å². The summed E-state index contributed by atoms with van der Waals surface area (Å²) < 4.78 is -1.37. The van der Waals surface area contributed by atoms with Gasteiger partial charge in [-0.2, -0.15) is 0 Å². The number of alkyl halides is 3. The maximum absolute atomic E-state index is 6.24. The fraction of sp³-hybridized carbons (Fsp3) is 0.538. The third kappa shape index (κ3) is 3.46. The number of rotatable bonds is 2. The number of hydrogen-bond donors (Lipinski definition) is 0. The zero-order chi connectivity index (χ0) is 13.2. The van der Waals surface area contributed by atoms with E-state index in [4.69, 9.17) is 46.4 Å². The molecule has 1 aromatic rings. The highest BCUT2D eigenvalue weighted by Gasteiger charge is 2.39. The van der Waals surface area contributed by atoms with Crippen molar-refractivity contribution in [3.05, 3.63) is 34.9 Å². The summed E-state index contributed by atoms with van der Waals surface area (Å²) in [5, 5.41) is 0.652. The lowest BCUT2D eigenvalue weighted by molar-refractivity contribution is 0.165. The molecule has 0 saturated carbocycles. The van der Waals surface area contributed by atoms with Crippen molar-refractivity contribution in [3.8, 4) is 0 Å². The van der Waals surface area contributed by atoms with E-state index in [1.54, 1.807) is 0 Å². The van der Waals surface area contributed by atoms with Crippen LogP contribution in [0.4, 0.5) is 0 Å². The highest BCUT2D eigenvalue weighted by atomic mass is 35.6. The van der Waals surface area contributed by atoms with Crippen LogP contribution in [0, 0.1) is 0 Å². The first-order valence-corrected chi connectivity index (χ1v) is 7.56. The Morgan fingerprint density at radius 3 is 2.17 bits per heavy atom. The van der Waals surface area contributed by atoms with Gasteiger partial charge in [-0.25, -0.2) is 0 Å². The molecule has 2 rings (SSSR count). The Labute approximate surface area is 128 Å². The van der Waals surface area contributed by atoms with Gasteiger partial charge >= 0.3 is 0 Å². The van der Waals surface area contributed by atoms with E-state index in [2.05, 4.69) is 4.90 Å². The van der Waals surface area contributed by atoms with Gasteiger partial charge in [0, 0.05) is 5.02 Å². The Morgan fingerprint density at radius 1 is 1.00 bits per heavy atom. The molecule has 1 aromatic carbocycles. The van der Waals surface area contributed by atoms with Crippen molar-refractivity contribution in [2.45, 2.75) is 29.1 Å². The van der Waals surface area contributed by atoms with E-state index in [0.29, 0.717) is 5.02 Å². The second kappa shape index (κ2) is 6.19. The van der Waals surface area contributed by atoms with E-state index in [0.717, 1.165) is 31.5 Å². The zero-order valence-electron chi connectivity index (χ0n) is 9.88. The predicted octanol–water partition coefficient (Wildman–Crippen LogP) is 5.24.